The third-order valence-corrected chi connectivity index (χ3v) is 3.05. The molecule has 1 unspecified atom stereocenters. The number of nitrogens with one attached hydrogen (secondary N) is 1. The minimum Gasteiger partial charge on any atom is -0.309 e. The molecule has 0 saturated carbocycles. The number of hydrogen-bond acceptors (Lipinski definition) is 4. The fraction of sp³-hybridized carbons (Fsp3) is 0.818. The molecule has 1 atom stereocenters. The fourth-order valence-corrected chi connectivity index (χ4v) is 2.21. The summed E-state index contributed by atoms with van der Waals surface area (Å²) in [6.07, 6.45) is 6.43. The van der Waals surface area contributed by atoms with Gasteiger partial charge in [-0.25, -0.2) is 0 Å². The Morgan fingerprint density at radius 1 is 1.33 bits per heavy atom. The van der Waals surface area contributed by atoms with Crippen molar-refractivity contribution in [2.24, 2.45) is 0 Å². The van der Waals surface area contributed by atoms with E-state index < -0.39 is 0 Å². The predicted octanol–water partition coefficient (Wildman–Crippen LogP) is 3.16. The van der Waals surface area contributed by atoms with Crippen molar-refractivity contribution < 1.29 is 0 Å². The summed E-state index contributed by atoms with van der Waals surface area (Å²) in [6, 6.07) is 0.408. The number of unbranched alkanes of at least 4 members (excludes halogenated alkanes) is 3. The molecule has 0 saturated heterocycles. The lowest BCUT2D eigenvalue weighted by molar-refractivity contribution is 0.472. The van der Waals surface area contributed by atoms with Gasteiger partial charge < -0.3 is 5.32 Å². The summed E-state index contributed by atoms with van der Waals surface area (Å²) in [5.41, 5.74) is 1.11. The van der Waals surface area contributed by atoms with Crippen LogP contribution in [0.3, 0.4) is 0 Å². The Morgan fingerprint density at radius 2 is 2.20 bits per heavy atom. The van der Waals surface area contributed by atoms with Crippen LogP contribution in [0.5, 0.6) is 0 Å². The van der Waals surface area contributed by atoms with Crippen LogP contribution in [0.25, 0.3) is 0 Å². The summed E-state index contributed by atoms with van der Waals surface area (Å²) < 4.78 is 3.92. The highest BCUT2D eigenvalue weighted by molar-refractivity contribution is 7.03. The lowest BCUT2D eigenvalue weighted by Gasteiger charge is -2.14. The number of nitrogens with zero attached hydrogens (tertiary/aromatic N) is 2. The monoisotopic (exact) mass is 227 g/mol. The molecule has 0 aliphatic heterocycles. The zero-order valence-corrected chi connectivity index (χ0v) is 10.5. The van der Waals surface area contributed by atoms with Gasteiger partial charge in [-0.3, -0.25) is 0 Å². The van der Waals surface area contributed by atoms with Gasteiger partial charge in [0.1, 0.15) is 0 Å². The summed E-state index contributed by atoms with van der Waals surface area (Å²) in [5, 5.41) is 9.65. The molecule has 0 aliphatic rings. The molecule has 0 spiro atoms. The number of aromatic nitrogens is 2. The molecular formula is C11H21N3S. The SMILES string of the molecule is CCCCCCC(NCC)c1csnn1. The highest BCUT2D eigenvalue weighted by atomic mass is 32.1. The first-order valence-corrected chi connectivity index (χ1v) is 6.72. The standard InChI is InChI=1S/C11H21N3S/c1-3-5-6-7-8-10(12-4-2)11-9-15-14-13-11/h9-10,12H,3-8H2,1-2H3. The van der Waals surface area contributed by atoms with E-state index in [1.54, 1.807) is 0 Å². The molecule has 15 heavy (non-hydrogen) atoms. The van der Waals surface area contributed by atoms with Crippen LogP contribution in [0.15, 0.2) is 5.38 Å². The minimum absolute atomic E-state index is 0.408. The zero-order valence-electron chi connectivity index (χ0n) is 9.70. The second-order valence-corrected chi connectivity index (χ2v) is 4.40. The van der Waals surface area contributed by atoms with E-state index in [9.17, 15) is 0 Å². The molecule has 86 valence electrons. The Balaban J connectivity index is 2.31. The Kier molecular flexibility index (Phi) is 6.52. The average Bonchev–Trinajstić information content (AvgIpc) is 2.76. The van der Waals surface area contributed by atoms with Crippen LogP contribution in [-0.2, 0) is 0 Å². The third-order valence-electron chi connectivity index (χ3n) is 2.53. The minimum atomic E-state index is 0.408. The molecule has 0 aliphatic carbocycles. The van der Waals surface area contributed by atoms with Crippen molar-refractivity contribution in [2.75, 3.05) is 6.54 Å². The van der Waals surface area contributed by atoms with Gasteiger partial charge in [-0.05, 0) is 24.5 Å². The van der Waals surface area contributed by atoms with Crippen molar-refractivity contribution in [3.8, 4) is 0 Å². The molecule has 1 aromatic rings. The van der Waals surface area contributed by atoms with Gasteiger partial charge in [0.25, 0.3) is 0 Å². The summed E-state index contributed by atoms with van der Waals surface area (Å²) in [4.78, 5) is 0. The van der Waals surface area contributed by atoms with Crippen molar-refractivity contribution in [1.29, 1.82) is 0 Å². The van der Waals surface area contributed by atoms with Crippen molar-refractivity contribution >= 4 is 11.5 Å². The maximum Gasteiger partial charge on any atom is 0.0924 e. The summed E-state index contributed by atoms with van der Waals surface area (Å²) in [5.74, 6) is 0. The molecule has 1 rings (SSSR count). The van der Waals surface area contributed by atoms with Gasteiger partial charge >= 0.3 is 0 Å². The van der Waals surface area contributed by atoms with Crippen LogP contribution in [0, 0.1) is 0 Å². The van der Waals surface area contributed by atoms with E-state index in [-0.39, 0.29) is 0 Å². The van der Waals surface area contributed by atoms with Crippen molar-refractivity contribution in [1.82, 2.24) is 14.9 Å². The van der Waals surface area contributed by atoms with Crippen LogP contribution in [0.2, 0.25) is 0 Å². The van der Waals surface area contributed by atoms with Crippen LogP contribution in [0.1, 0.15) is 57.7 Å². The molecular weight excluding hydrogens is 206 g/mol. The third kappa shape index (κ3) is 4.71. The second kappa shape index (κ2) is 7.77. The molecule has 1 aromatic heterocycles. The first-order chi connectivity index (χ1) is 7.38. The van der Waals surface area contributed by atoms with Gasteiger partial charge in [-0.2, -0.15) is 0 Å². The molecule has 0 amide bonds. The highest BCUT2D eigenvalue weighted by Crippen LogP contribution is 2.18. The molecule has 0 bridgehead atoms. The fourth-order valence-electron chi connectivity index (χ4n) is 1.70. The second-order valence-electron chi connectivity index (χ2n) is 3.79. The van der Waals surface area contributed by atoms with Crippen molar-refractivity contribution in [3.05, 3.63) is 11.1 Å². The predicted molar refractivity (Wildman–Crippen MR) is 65.1 cm³/mol. The van der Waals surface area contributed by atoms with Gasteiger partial charge in [-0.1, -0.05) is 44.0 Å². The van der Waals surface area contributed by atoms with E-state index in [0.717, 1.165) is 12.2 Å². The van der Waals surface area contributed by atoms with Gasteiger partial charge in [0.2, 0.25) is 0 Å². The number of rotatable bonds is 8. The van der Waals surface area contributed by atoms with Crippen LogP contribution in [-0.4, -0.2) is 16.1 Å². The van der Waals surface area contributed by atoms with Gasteiger partial charge in [0, 0.05) is 5.38 Å². The quantitative estimate of drug-likeness (QED) is 0.693. The Morgan fingerprint density at radius 3 is 2.80 bits per heavy atom. The van der Waals surface area contributed by atoms with Gasteiger partial charge in [0.15, 0.2) is 0 Å². The Hall–Kier alpha value is -0.480. The molecule has 1 heterocycles. The van der Waals surface area contributed by atoms with Crippen LogP contribution >= 0.6 is 11.5 Å². The number of hydrogen-bond donors (Lipinski definition) is 1. The lowest BCUT2D eigenvalue weighted by atomic mass is 10.1. The zero-order chi connectivity index (χ0) is 10.9. The van der Waals surface area contributed by atoms with Crippen LogP contribution < -0.4 is 5.32 Å². The Labute approximate surface area is 96.5 Å². The Bertz CT molecular complexity index is 236. The average molecular weight is 227 g/mol. The normalized spacial score (nSPS) is 12.9. The maximum absolute atomic E-state index is 4.14. The topological polar surface area (TPSA) is 37.8 Å². The van der Waals surface area contributed by atoms with Crippen molar-refractivity contribution in [3.63, 3.8) is 0 Å². The molecule has 1 N–H and O–H groups in total. The maximum atomic E-state index is 4.14. The van der Waals surface area contributed by atoms with E-state index in [4.69, 9.17) is 0 Å². The van der Waals surface area contributed by atoms with E-state index in [0.29, 0.717) is 6.04 Å². The van der Waals surface area contributed by atoms with Crippen molar-refractivity contribution in [2.45, 2.75) is 52.0 Å². The molecule has 4 heteroatoms. The van der Waals surface area contributed by atoms with E-state index in [1.807, 2.05) is 5.38 Å². The molecule has 0 fully saturated rings. The highest BCUT2D eigenvalue weighted by Gasteiger charge is 2.11. The molecule has 3 nitrogen and oxygen atoms in total. The summed E-state index contributed by atoms with van der Waals surface area (Å²) in [7, 11) is 0. The lowest BCUT2D eigenvalue weighted by Crippen LogP contribution is -2.21. The first kappa shape index (κ1) is 12.6. The summed E-state index contributed by atoms with van der Waals surface area (Å²) >= 11 is 1.44. The smallest absolute Gasteiger partial charge is 0.0924 e. The summed E-state index contributed by atoms with van der Waals surface area (Å²) in [6.45, 7) is 5.38. The largest absolute Gasteiger partial charge is 0.309 e. The van der Waals surface area contributed by atoms with E-state index in [2.05, 4.69) is 28.8 Å². The van der Waals surface area contributed by atoms with Gasteiger partial charge in [0.05, 0.1) is 11.7 Å². The van der Waals surface area contributed by atoms with Crippen LogP contribution in [0.4, 0.5) is 0 Å². The molecule has 0 aromatic carbocycles. The van der Waals surface area contributed by atoms with Gasteiger partial charge in [-0.15, -0.1) is 5.10 Å². The van der Waals surface area contributed by atoms with E-state index >= 15 is 0 Å². The van der Waals surface area contributed by atoms with E-state index in [1.165, 1.54) is 43.6 Å². The first-order valence-electron chi connectivity index (χ1n) is 5.88. The molecule has 0 radical (unpaired) electrons.